The third kappa shape index (κ3) is 2.39. The van der Waals surface area contributed by atoms with Crippen molar-refractivity contribution in [3.05, 3.63) is 0 Å². The van der Waals surface area contributed by atoms with Gasteiger partial charge in [0.2, 0.25) is 0 Å². The number of halogens is 2. The average Bonchev–Trinajstić information content (AvgIpc) is 2.92. The van der Waals surface area contributed by atoms with Gasteiger partial charge in [-0.1, -0.05) is 0 Å². The maximum absolute atomic E-state index is 14.2. The van der Waals surface area contributed by atoms with E-state index in [9.17, 15) is 8.78 Å². The molecule has 2 aliphatic heterocycles. The van der Waals surface area contributed by atoms with Crippen LogP contribution in [0.5, 0.6) is 0 Å². The summed E-state index contributed by atoms with van der Waals surface area (Å²) < 4.78 is 39.8. The average molecular weight is 316 g/mol. The number of hydrogen-bond donors (Lipinski definition) is 2. The molecule has 3 unspecified atom stereocenters. The molecule has 0 aromatic rings. The van der Waals surface area contributed by atoms with E-state index in [4.69, 9.17) is 15.2 Å². The van der Waals surface area contributed by atoms with Crippen LogP contribution in [0.3, 0.4) is 0 Å². The molecule has 4 fully saturated rings. The highest BCUT2D eigenvalue weighted by atomic mass is 19.3. The van der Waals surface area contributed by atoms with Crippen molar-refractivity contribution in [3.8, 4) is 0 Å². The highest BCUT2D eigenvalue weighted by Gasteiger charge is 2.60. The van der Waals surface area contributed by atoms with Crippen molar-refractivity contribution in [1.29, 1.82) is 0 Å². The van der Waals surface area contributed by atoms with Crippen LogP contribution in [0.4, 0.5) is 8.78 Å². The lowest BCUT2D eigenvalue weighted by Gasteiger charge is -2.48. The maximum atomic E-state index is 14.2. The second-order valence-electron chi connectivity index (χ2n) is 7.82. The molecule has 2 saturated heterocycles. The summed E-state index contributed by atoms with van der Waals surface area (Å²) in [5.41, 5.74) is 4.67. The molecule has 4 aliphatic rings. The van der Waals surface area contributed by atoms with E-state index in [1.54, 1.807) is 0 Å². The van der Waals surface area contributed by atoms with Crippen molar-refractivity contribution in [2.24, 2.45) is 5.73 Å². The minimum atomic E-state index is -2.67. The van der Waals surface area contributed by atoms with Crippen LogP contribution >= 0.6 is 0 Å². The largest absolute Gasteiger partial charge is 0.373 e. The Labute approximate surface area is 130 Å². The van der Waals surface area contributed by atoms with E-state index < -0.39 is 11.5 Å². The van der Waals surface area contributed by atoms with Gasteiger partial charge in [0, 0.05) is 31.2 Å². The molecule has 22 heavy (non-hydrogen) atoms. The first-order valence-corrected chi connectivity index (χ1v) is 8.60. The number of ether oxygens (including phenoxy) is 2. The second kappa shape index (κ2) is 5.10. The first-order valence-electron chi connectivity index (χ1n) is 8.60. The molecule has 2 spiro atoms. The first kappa shape index (κ1) is 15.2. The summed E-state index contributed by atoms with van der Waals surface area (Å²) in [6.07, 6.45) is 5.14. The number of hydrogen-bond acceptors (Lipinski definition) is 4. The molecule has 2 heterocycles. The summed E-state index contributed by atoms with van der Waals surface area (Å²) in [5, 5.41) is 3.58. The number of nitrogens with one attached hydrogen (secondary N) is 1. The molecule has 0 aromatic heterocycles. The Balaban J connectivity index is 1.33. The standard InChI is InChI=1S/C16H26F2N2O2/c17-16(18)4-1-3-15(16)9-12(2-5-21-15)20-13-7-14(8-13)6-11(19)10-22-14/h11-13,20H,1-10,19H2. The Morgan fingerprint density at radius 3 is 2.45 bits per heavy atom. The van der Waals surface area contributed by atoms with Crippen molar-refractivity contribution < 1.29 is 18.3 Å². The van der Waals surface area contributed by atoms with E-state index in [0.717, 1.165) is 25.7 Å². The maximum Gasteiger partial charge on any atom is 0.276 e. The van der Waals surface area contributed by atoms with Gasteiger partial charge < -0.3 is 20.5 Å². The van der Waals surface area contributed by atoms with Crippen LogP contribution < -0.4 is 11.1 Å². The van der Waals surface area contributed by atoms with Gasteiger partial charge in [-0.15, -0.1) is 0 Å². The highest BCUT2D eigenvalue weighted by Crippen LogP contribution is 2.51. The highest BCUT2D eigenvalue weighted by molar-refractivity contribution is 5.08. The molecule has 2 saturated carbocycles. The van der Waals surface area contributed by atoms with Crippen LogP contribution in [0.15, 0.2) is 0 Å². The molecular weight excluding hydrogens is 290 g/mol. The first-order chi connectivity index (χ1) is 10.4. The van der Waals surface area contributed by atoms with Gasteiger partial charge in [-0.3, -0.25) is 0 Å². The molecule has 6 heteroatoms. The lowest BCUT2D eigenvalue weighted by molar-refractivity contribution is -0.213. The monoisotopic (exact) mass is 316 g/mol. The molecule has 0 aromatic carbocycles. The van der Waals surface area contributed by atoms with Gasteiger partial charge in [0.15, 0.2) is 0 Å². The Hall–Kier alpha value is -0.300. The topological polar surface area (TPSA) is 56.5 Å². The van der Waals surface area contributed by atoms with Crippen molar-refractivity contribution in [2.75, 3.05) is 13.2 Å². The summed E-state index contributed by atoms with van der Waals surface area (Å²) >= 11 is 0. The quantitative estimate of drug-likeness (QED) is 0.818. The molecule has 126 valence electrons. The van der Waals surface area contributed by atoms with E-state index in [1.807, 2.05) is 0 Å². The summed E-state index contributed by atoms with van der Waals surface area (Å²) in [7, 11) is 0. The molecular formula is C16H26F2N2O2. The van der Waals surface area contributed by atoms with Gasteiger partial charge in [-0.2, -0.15) is 0 Å². The fourth-order valence-electron chi connectivity index (χ4n) is 4.99. The minimum Gasteiger partial charge on any atom is -0.373 e. The van der Waals surface area contributed by atoms with Crippen molar-refractivity contribution in [2.45, 2.75) is 86.6 Å². The van der Waals surface area contributed by atoms with Crippen LogP contribution in [-0.4, -0.2) is 48.5 Å². The van der Waals surface area contributed by atoms with Crippen molar-refractivity contribution >= 4 is 0 Å². The van der Waals surface area contributed by atoms with Crippen LogP contribution in [0.25, 0.3) is 0 Å². The Morgan fingerprint density at radius 1 is 1.00 bits per heavy atom. The van der Waals surface area contributed by atoms with Gasteiger partial charge in [0.1, 0.15) is 5.60 Å². The molecule has 0 amide bonds. The predicted molar refractivity (Wildman–Crippen MR) is 77.9 cm³/mol. The van der Waals surface area contributed by atoms with Gasteiger partial charge >= 0.3 is 0 Å². The minimum absolute atomic E-state index is 0.0298. The fourth-order valence-corrected chi connectivity index (χ4v) is 4.99. The van der Waals surface area contributed by atoms with Crippen LogP contribution in [0, 0.1) is 0 Å². The SMILES string of the molecule is NC1COC2(C1)CC(NC1CCOC3(CCCC3(F)F)C1)C2. The van der Waals surface area contributed by atoms with Gasteiger partial charge in [-0.25, -0.2) is 8.78 Å². The van der Waals surface area contributed by atoms with E-state index in [-0.39, 0.29) is 24.1 Å². The van der Waals surface area contributed by atoms with E-state index in [0.29, 0.717) is 38.5 Å². The zero-order valence-corrected chi connectivity index (χ0v) is 13.0. The molecule has 4 rings (SSSR count). The van der Waals surface area contributed by atoms with Gasteiger partial charge in [0.25, 0.3) is 5.92 Å². The molecule has 3 N–H and O–H groups in total. The molecule has 3 atom stereocenters. The molecule has 0 bridgehead atoms. The number of rotatable bonds is 2. The Kier molecular flexibility index (Phi) is 3.53. The Morgan fingerprint density at radius 2 is 1.82 bits per heavy atom. The Bertz CT molecular complexity index is 442. The molecule has 2 aliphatic carbocycles. The zero-order chi connectivity index (χ0) is 15.4. The number of alkyl halides is 2. The van der Waals surface area contributed by atoms with Crippen molar-refractivity contribution in [3.63, 3.8) is 0 Å². The van der Waals surface area contributed by atoms with E-state index >= 15 is 0 Å². The van der Waals surface area contributed by atoms with E-state index in [2.05, 4.69) is 5.32 Å². The lowest BCUT2D eigenvalue weighted by Crippen LogP contribution is -2.60. The number of nitrogens with two attached hydrogens (primary N) is 1. The van der Waals surface area contributed by atoms with Gasteiger partial charge in [0.05, 0.1) is 12.2 Å². The lowest BCUT2D eigenvalue weighted by atomic mass is 9.72. The van der Waals surface area contributed by atoms with E-state index in [1.165, 1.54) is 0 Å². The summed E-state index contributed by atoms with van der Waals surface area (Å²) in [5.74, 6) is -2.67. The van der Waals surface area contributed by atoms with Gasteiger partial charge in [-0.05, 0) is 44.9 Å². The zero-order valence-electron chi connectivity index (χ0n) is 13.0. The smallest absolute Gasteiger partial charge is 0.276 e. The van der Waals surface area contributed by atoms with Crippen LogP contribution in [0.2, 0.25) is 0 Å². The summed E-state index contributed by atoms with van der Waals surface area (Å²) in [6, 6.07) is 0.667. The normalized spacial score (nSPS) is 50.6. The molecule has 4 nitrogen and oxygen atoms in total. The van der Waals surface area contributed by atoms with Crippen LogP contribution in [-0.2, 0) is 9.47 Å². The van der Waals surface area contributed by atoms with Crippen LogP contribution in [0.1, 0.15) is 51.4 Å². The summed E-state index contributed by atoms with van der Waals surface area (Å²) in [6.45, 7) is 1.09. The third-order valence-electron chi connectivity index (χ3n) is 6.10. The predicted octanol–water partition coefficient (Wildman–Crippen LogP) is 1.96. The second-order valence-corrected chi connectivity index (χ2v) is 7.82. The van der Waals surface area contributed by atoms with Crippen molar-refractivity contribution in [1.82, 2.24) is 5.32 Å². The molecule has 0 radical (unpaired) electrons. The fraction of sp³-hybridized carbons (Fsp3) is 1.00. The third-order valence-corrected chi connectivity index (χ3v) is 6.10. The summed E-state index contributed by atoms with van der Waals surface area (Å²) in [4.78, 5) is 0.